The van der Waals surface area contributed by atoms with E-state index in [0.717, 1.165) is 18.0 Å². The summed E-state index contributed by atoms with van der Waals surface area (Å²) in [5.74, 6) is 1.51. The van der Waals surface area contributed by atoms with Gasteiger partial charge in [0.05, 0.1) is 13.7 Å². The first-order valence-corrected chi connectivity index (χ1v) is 7.12. The Kier molecular flexibility index (Phi) is 3.74. The van der Waals surface area contributed by atoms with E-state index in [1.807, 2.05) is 13.1 Å². The average molecular weight is 271 g/mol. The van der Waals surface area contributed by atoms with E-state index in [2.05, 4.69) is 39.4 Å². The molecule has 20 heavy (non-hydrogen) atoms. The number of nitrogens with one attached hydrogen (secondary N) is 1. The van der Waals surface area contributed by atoms with Gasteiger partial charge in [-0.15, -0.1) is 0 Å². The van der Waals surface area contributed by atoms with Crippen molar-refractivity contribution < 1.29 is 4.74 Å². The van der Waals surface area contributed by atoms with Crippen molar-refractivity contribution in [2.45, 2.75) is 25.4 Å². The smallest absolute Gasteiger partial charge is 0.218 e. The van der Waals surface area contributed by atoms with Crippen molar-refractivity contribution in [2.24, 2.45) is 5.92 Å². The highest BCUT2D eigenvalue weighted by Crippen LogP contribution is 2.40. The molecule has 2 heterocycles. The lowest BCUT2D eigenvalue weighted by Gasteiger charge is -2.13. The van der Waals surface area contributed by atoms with Crippen LogP contribution in [0.15, 0.2) is 36.8 Å². The van der Waals surface area contributed by atoms with Gasteiger partial charge in [-0.1, -0.05) is 6.07 Å². The zero-order chi connectivity index (χ0) is 13.9. The van der Waals surface area contributed by atoms with Crippen molar-refractivity contribution >= 4 is 0 Å². The van der Waals surface area contributed by atoms with Crippen LogP contribution in [0.3, 0.4) is 0 Å². The van der Waals surface area contributed by atoms with Gasteiger partial charge in [-0.3, -0.25) is 0 Å². The van der Waals surface area contributed by atoms with Gasteiger partial charge in [0.2, 0.25) is 5.88 Å². The number of rotatable bonds is 6. The Bertz CT molecular complexity index is 575. The number of hydrogen-bond donors (Lipinski definition) is 1. The molecule has 1 saturated carbocycles. The molecule has 0 radical (unpaired) electrons. The maximum atomic E-state index is 5.30. The van der Waals surface area contributed by atoms with Gasteiger partial charge in [0.25, 0.3) is 0 Å². The molecule has 0 saturated heterocycles. The molecule has 3 rings (SSSR count). The second-order valence-electron chi connectivity index (χ2n) is 5.39. The lowest BCUT2D eigenvalue weighted by molar-refractivity contribution is 0.391. The number of hydrogen-bond acceptors (Lipinski definition) is 3. The van der Waals surface area contributed by atoms with E-state index >= 15 is 0 Å². The summed E-state index contributed by atoms with van der Waals surface area (Å²) in [7, 11) is 3.71. The minimum atomic E-state index is 0.493. The van der Waals surface area contributed by atoms with E-state index in [1.54, 1.807) is 13.3 Å². The largest absolute Gasteiger partial charge is 0.481 e. The summed E-state index contributed by atoms with van der Waals surface area (Å²) in [5.41, 5.74) is 2.47. The van der Waals surface area contributed by atoms with Gasteiger partial charge in [0, 0.05) is 30.2 Å². The van der Waals surface area contributed by atoms with Crippen molar-refractivity contribution in [3.8, 4) is 5.88 Å². The van der Waals surface area contributed by atoms with E-state index in [-0.39, 0.29) is 0 Å². The van der Waals surface area contributed by atoms with Crippen molar-refractivity contribution in [1.82, 2.24) is 14.9 Å². The predicted octanol–water partition coefficient (Wildman–Crippen LogP) is 2.61. The summed E-state index contributed by atoms with van der Waals surface area (Å²) < 4.78 is 7.50. The second kappa shape index (κ2) is 5.67. The number of aromatic nitrogens is 2. The summed E-state index contributed by atoms with van der Waals surface area (Å²) >= 11 is 0. The summed E-state index contributed by atoms with van der Waals surface area (Å²) in [6, 6.07) is 6.71. The molecule has 4 nitrogen and oxygen atoms in total. The molecule has 0 bridgehead atoms. The van der Waals surface area contributed by atoms with Gasteiger partial charge in [0.15, 0.2) is 0 Å². The zero-order valence-corrected chi connectivity index (χ0v) is 12.0. The summed E-state index contributed by atoms with van der Waals surface area (Å²) in [6.07, 6.45) is 8.80. The fraction of sp³-hybridized carbons (Fsp3) is 0.438. The second-order valence-corrected chi connectivity index (χ2v) is 5.39. The Morgan fingerprint density at radius 3 is 3.00 bits per heavy atom. The quantitative estimate of drug-likeness (QED) is 0.878. The van der Waals surface area contributed by atoms with Crippen LogP contribution in [0.1, 0.15) is 30.0 Å². The lowest BCUT2D eigenvalue weighted by Crippen LogP contribution is -2.17. The first kappa shape index (κ1) is 13.2. The molecule has 0 amide bonds. The molecule has 1 aliphatic carbocycles. The normalized spacial score (nSPS) is 16.1. The number of ether oxygens (including phenoxy) is 1. The van der Waals surface area contributed by atoms with Crippen molar-refractivity contribution in [1.29, 1.82) is 0 Å². The van der Waals surface area contributed by atoms with Crippen LogP contribution in [0.4, 0.5) is 0 Å². The first-order valence-electron chi connectivity index (χ1n) is 7.12. The van der Waals surface area contributed by atoms with Gasteiger partial charge in [-0.25, -0.2) is 4.98 Å². The Labute approximate surface area is 119 Å². The summed E-state index contributed by atoms with van der Waals surface area (Å²) in [4.78, 5) is 4.24. The van der Waals surface area contributed by atoms with E-state index in [4.69, 9.17) is 4.74 Å². The minimum absolute atomic E-state index is 0.493. The lowest BCUT2D eigenvalue weighted by atomic mass is 10.1. The molecule has 1 unspecified atom stereocenters. The molecule has 2 aromatic rings. The van der Waals surface area contributed by atoms with Gasteiger partial charge in [-0.2, -0.15) is 0 Å². The zero-order valence-electron chi connectivity index (χ0n) is 12.0. The van der Waals surface area contributed by atoms with Crippen LogP contribution >= 0.6 is 0 Å². The van der Waals surface area contributed by atoms with Gasteiger partial charge in [0.1, 0.15) is 0 Å². The molecule has 0 aliphatic heterocycles. The Hall–Kier alpha value is -1.81. The molecule has 2 aromatic heterocycles. The topological polar surface area (TPSA) is 39.1 Å². The molecular formula is C16H21N3O. The molecular weight excluding hydrogens is 250 g/mol. The monoisotopic (exact) mass is 271 g/mol. The van der Waals surface area contributed by atoms with Gasteiger partial charge in [-0.05, 0) is 43.5 Å². The van der Waals surface area contributed by atoms with Crippen LogP contribution in [0, 0.1) is 5.92 Å². The van der Waals surface area contributed by atoms with Gasteiger partial charge < -0.3 is 14.6 Å². The third-order valence-electron chi connectivity index (χ3n) is 3.93. The maximum absolute atomic E-state index is 5.30. The highest BCUT2D eigenvalue weighted by molar-refractivity contribution is 5.27. The standard InChI is InChI=1S/C16H21N3O/c1-17-15(12-5-6-12)13-7-9-19(10-13)11-14-4-3-8-18-16(14)20-2/h3-4,7-10,12,15,17H,5-6,11H2,1-2H3. The Balaban J connectivity index is 1.76. The molecule has 4 heteroatoms. The van der Waals surface area contributed by atoms with Crippen LogP contribution in [-0.4, -0.2) is 23.7 Å². The molecule has 0 spiro atoms. The summed E-state index contributed by atoms with van der Waals surface area (Å²) in [5, 5.41) is 3.43. The SMILES string of the molecule is CNC(c1ccn(Cc2cccnc2OC)c1)C1CC1. The van der Waals surface area contributed by atoms with Crippen LogP contribution in [0.5, 0.6) is 5.88 Å². The number of pyridine rings is 1. The third kappa shape index (κ3) is 2.70. The van der Waals surface area contributed by atoms with Crippen LogP contribution in [0.25, 0.3) is 0 Å². The van der Waals surface area contributed by atoms with Crippen molar-refractivity contribution in [3.05, 3.63) is 47.9 Å². The molecule has 106 valence electrons. The molecule has 1 N–H and O–H groups in total. The third-order valence-corrected chi connectivity index (χ3v) is 3.93. The fourth-order valence-corrected chi connectivity index (χ4v) is 2.77. The highest BCUT2D eigenvalue weighted by Gasteiger charge is 2.31. The average Bonchev–Trinajstić information content (AvgIpc) is 3.21. The minimum Gasteiger partial charge on any atom is -0.481 e. The first-order chi connectivity index (χ1) is 9.81. The van der Waals surface area contributed by atoms with Crippen molar-refractivity contribution in [3.63, 3.8) is 0 Å². The van der Waals surface area contributed by atoms with Crippen molar-refractivity contribution in [2.75, 3.05) is 14.2 Å². The molecule has 1 atom stereocenters. The Morgan fingerprint density at radius 2 is 2.30 bits per heavy atom. The van der Waals surface area contributed by atoms with E-state index in [9.17, 15) is 0 Å². The predicted molar refractivity (Wildman–Crippen MR) is 78.8 cm³/mol. The number of nitrogens with zero attached hydrogens (tertiary/aromatic N) is 2. The maximum Gasteiger partial charge on any atom is 0.218 e. The van der Waals surface area contributed by atoms with E-state index < -0.39 is 0 Å². The van der Waals surface area contributed by atoms with Crippen LogP contribution in [0.2, 0.25) is 0 Å². The van der Waals surface area contributed by atoms with Gasteiger partial charge >= 0.3 is 0 Å². The highest BCUT2D eigenvalue weighted by atomic mass is 16.5. The molecule has 0 aromatic carbocycles. The van der Waals surface area contributed by atoms with Crippen LogP contribution in [-0.2, 0) is 6.54 Å². The van der Waals surface area contributed by atoms with E-state index in [0.29, 0.717) is 11.9 Å². The number of methoxy groups -OCH3 is 1. The molecule has 1 fully saturated rings. The molecule has 1 aliphatic rings. The summed E-state index contributed by atoms with van der Waals surface area (Å²) in [6.45, 7) is 0.790. The van der Waals surface area contributed by atoms with Crippen LogP contribution < -0.4 is 10.1 Å². The Morgan fingerprint density at radius 1 is 1.45 bits per heavy atom. The van der Waals surface area contributed by atoms with E-state index in [1.165, 1.54) is 18.4 Å². The fourth-order valence-electron chi connectivity index (χ4n) is 2.77.